The average Bonchev–Trinajstić information content (AvgIpc) is 2.83. The number of carbonyl (C=O) groups is 1. The quantitative estimate of drug-likeness (QED) is 0.579. The predicted octanol–water partition coefficient (Wildman–Crippen LogP) is 3.99. The van der Waals surface area contributed by atoms with Gasteiger partial charge in [-0.25, -0.2) is 12.7 Å². The molecule has 34 heavy (non-hydrogen) atoms. The van der Waals surface area contributed by atoms with Crippen molar-refractivity contribution in [1.82, 2.24) is 9.62 Å². The SMILES string of the molecule is COc1ccc(S(=O)(=O)N(C)C)cc1CCC(=O)NC(C)c1ccc(N2CCC(C)CC2)cc1. The lowest BCUT2D eigenvalue weighted by molar-refractivity contribution is -0.121. The molecule has 2 aromatic carbocycles. The molecule has 1 atom stereocenters. The third kappa shape index (κ3) is 6.30. The van der Waals surface area contributed by atoms with Gasteiger partial charge in [0.1, 0.15) is 5.75 Å². The highest BCUT2D eigenvalue weighted by atomic mass is 32.2. The highest BCUT2D eigenvalue weighted by Crippen LogP contribution is 2.26. The Morgan fingerprint density at radius 1 is 1.15 bits per heavy atom. The first-order chi connectivity index (χ1) is 16.1. The van der Waals surface area contributed by atoms with Crippen molar-refractivity contribution >= 4 is 21.6 Å². The number of sulfonamides is 1. The first-order valence-corrected chi connectivity index (χ1v) is 13.3. The van der Waals surface area contributed by atoms with E-state index in [0.29, 0.717) is 17.7 Å². The zero-order valence-corrected chi connectivity index (χ0v) is 21.7. The van der Waals surface area contributed by atoms with Crippen molar-refractivity contribution in [2.75, 3.05) is 39.2 Å². The number of methoxy groups -OCH3 is 1. The molecule has 0 radical (unpaired) electrons. The normalized spacial score (nSPS) is 15.9. The Balaban J connectivity index is 1.59. The summed E-state index contributed by atoms with van der Waals surface area (Å²) in [5, 5.41) is 3.05. The summed E-state index contributed by atoms with van der Waals surface area (Å²) in [7, 11) is 0.965. The second-order valence-corrected chi connectivity index (χ2v) is 11.5. The first kappa shape index (κ1) is 26.0. The summed E-state index contributed by atoms with van der Waals surface area (Å²) in [5.74, 6) is 1.27. The maximum absolute atomic E-state index is 12.6. The molecule has 2 aromatic rings. The summed E-state index contributed by atoms with van der Waals surface area (Å²) in [5.41, 5.74) is 2.97. The van der Waals surface area contributed by atoms with Gasteiger partial charge in [-0.15, -0.1) is 0 Å². The number of piperidine rings is 1. The number of benzene rings is 2. The number of nitrogens with zero attached hydrogens (tertiary/aromatic N) is 2. The third-order valence-corrected chi connectivity index (χ3v) is 8.38. The molecule has 0 saturated carbocycles. The van der Waals surface area contributed by atoms with Crippen LogP contribution in [-0.2, 0) is 21.2 Å². The lowest BCUT2D eigenvalue weighted by Gasteiger charge is -2.32. The molecule has 7 nitrogen and oxygen atoms in total. The summed E-state index contributed by atoms with van der Waals surface area (Å²) in [6.07, 6.45) is 3.06. The molecule has 1 fully saturated rings. The van der Waals surface area contributed by atoms with Gasteiger partial charge in [0.05, 0.1) is 18.0 Å². The van der Waals surface area contributed by atoms with Crippen LogP contribution in [0, 0.1) is 5.92 Å². The Morgan fingerprint density at radius 3 is 2.38 bits per heavy atom. The molecule has 0 aromatic heterocycles. The van der Waals surface area contributed by atoms with Crippen LogP contribution in [0.25, 0.3) is 0 Å². The Kier molecular flexibility index (Phi) is 8.60. The molecular weight excluding hydrogens is 450 g/mol. The number of ether oxygens (including phenoxy) is 1. The van der Waals surface area contributed by atoms with Crippen molar-refractivity contribution in [2.24, 2.45) is 5.92 Å². The minimum atomic E-state index is -3.56. The van der Waals surface area contributed by atoms with Crippen LogP contribution in [-0.4, -0.2) is 52.9 Å². The van der Waals surface area contributed by atoms with Gasteiger partial charge in [-0.2, -0.15) is 0 Å². The Labute approximate surface area is 204 Å². The number of amides is 1. The van der Waals surface area contributed by atoms with Crippen LogP contribution in [0.3, 0.4) is 0 Å². The number of rotatable bonds is 9. The van der Waals surface area contributed by atoms with Crippen LogP contribution in [0.5, 0.6) is 5.75 Å². The lowest BCUT2D eigenvalue weighted by atomic mass is 9.98. The number of anilines is 1. The molecular formula is C26H37N3O4S. The molecule has 0 aliphatic carbocycles. The average molecular weight is 488 g/mol. The van der Waals surface area contributed by atoms with Crippen molar-refractivity contribution in [1.29, 1.82) is 0 Å². The molecule has 0 spiro atoms. The Hall–Kier alpha value is -2.58. The Morgan fingerprint density at radius 2 is 1.79 bits per heavy atom. The summed E-state index contributed by atoms with van der Waals surface area (Å²) in [6, 6.07) is 13.1. The van der Waals surface area contributed by atoms with Crippen molar-refractivity contribution in [3.05, 3.63) is 53.6 Å². The van der Waals surface area contributed by atoms with E-state index in [1.807, 2.05) is 6.92 Å². The standard InChI is InChI=1S/C26H37N3O4S/c1-19-14-16-29(17-15-19)23-9-6-21(7-10-23)20(2)27-26(30)13-8-22-18-24(11-12-25(22)33-5)34(31,32)28(3)4/h6-7,9-12,18-20H,8,13-17H2,1-5H3,(H,27,30). The molecule has 1 aliphatic rings. The number of nitrogens with one attached hydrogen (secondary N) is 1. The van der Waals surface area contributed by atoms with E-state index in [9.17, 15) is 13.2 Å². The number of hydrogen-bond donors (Lipinski definition) is 1. The second kappa shape index (κ2) is 11.2. The van der Waals surface area contributed by atoms with Gasteiger partial charge in [0.25, 0.3) is 0 Å². The van der Waals surface area contributed by atoms with Crippen molar-refractivity contribution in [2.45, 2.75) is 50.5 Å². The van der Waals surface area contributed by atoms with Crippen molar-refractivity contribution < 1.29 is 17.9 Å². The number of aryl methyl sites for hydroxylation is 1. The molecule has 1 aliphatic heterocycles. The predicted molar refractivity (Wildman–Crippen MR) is 136 cm³/mol. The molecule has 1 saturated heterocycles. The second-order valence-electron chi connectivity index (χ2n) is 9.31. The van der Waals surface area contributed by atoms with E-state index >= 15 is 0 Å². The topological polar surface area (TPSA) is 79.0 Å². The van der Waals surface area contributed by atoms with Gasteiger partial charge in [0, 0.05) is 39.3 Å². The number of hydrogen-bond acceptors (Lipinski definition) is 5. The van der Waals surface area contributed by atoms with Crippen LogP contribution in [0.15, 0.2) is 47.4 Å². The van der Waals surface area contributed by atoms with E-state index in [0.717, 1.165) is 24.6 Å². The zero-order valence-electron chi connectivity index (χ0n) is 20.9. The van der Waals surface area contributed by atoms with Crippen LogP contribution >= 0.6 is 0 Å². The molecule has 1 amide bonds. The summed E-state index contributed by atoms with van der Waals surface area (Å²) >= 11 is 0. The molecule has 1 N–H and O–H groups in total. The van der Waals surface area contributed by atoms with Gasteiger partial charge in [-0.1, -0.05) is 19.1 Å². The van der Waals surface area contributed by atoms with Gasteiger partial charge in [0.15, 0.2) is 0 Å². The van der Waals surface area contributed by atoms with Crippen LogP contribution in [0.2, 0.25) is 0 Å². The first-order valence-electron chi connectivity index (χ1n) is 11.9. The summed E-state index contributed by atoms with van der Waals surface area (Å²) in [6.45, 7) is 6.46. The van der Waals surface area contributed by atoms with E-state index < -0.39 is 10.0 Å². The van der Waals surface area contributed by atoms with E-state index in [-0.39, 0.29) is 23.3 Å². The lowest BCUT2D eigenvalue weighted by Crippen LogP contribution is -2.32. The fourth-order valence-electron chi connectivity index (χ4n) is 4.21. The van der Waals surface area contributed by atoms with Crippen molar-refractivity contribution in [3.63, 3.8) is 0 Å². The minimum Gasteiger partial charge on any atom is -0.496 e. The van der Waals surface area contributed by atoms with Gasteiger partial charge < -0.3 is 15.0 Å². The fourth-order valence-corrected chi connectivity index (χ4v) is 5.16. The van der Waals surface area contributed by atoms with Gasteiger partial charge in [-0.05, 0) is 73.6 Å². The molecule has 1 unspecified atom stereocenters. The number of carbonyl (C=O) groups excluding carboxylic acids is 1. The summed E-state index contributed by atoms with van der Waals surface area (Å²) < 4.78 is 31.5. The Bertz CT molecular complexity index is 1080. The van der Waals surface area contributed by atoms with Gasteiger partial charge >= 0.3 is 0 Å². The highest BCUT2D eigenvalue weighted by molar-refractivity contribution is 7.89. The third-order valence-electron chi connectivity index (χ3n) is 6.57. The van der Waals surface area contributed by atoms with Gasteiger partial charge in [-0.3, -0.25) is 4.79 Å². The molecule has 3 rings (SSSR count). The largest absolute Gasteiger partial charge is 0.496 e. The monoisotopic (exact) mass is 487 g/mol. The minimum absolute atomic E-state index is 0.0930. The zero-order chi connectivity index (χ0) is 24.9. The van der Waals surface area contributed by atoms with E-state index in [4.69, 9.17) is 4.74 Å². The summed E-state index contributed by atoms with van der Waals surface area (Å²) in [4.78, 5) is 15.3. The van der Waals surface area contributed by atoms with E-state index in [2.05, 4.69) is 41.4 Å². The smallest absolute Gasteiger partial charge is 0.242 e. The maximum Gasteiger partial charge on any atom is 0.242 e. The molecule has 1 heterocycles. The van der Waals surface area contributed by atoms with Crippen LogP contribution in [0.1, 0.15) is 50.3 Å². The molecule has 8 heteroatoms. The van der Waals surface area contributed by atoms with Gasteiger partial charge in [0.2, 0.25) is 15.9 Å². The highest BCUT2D eigenvalue weighted by Gasteiger charge is 2.20. The van der Waals surface area contributed by atoms with Crippen molar-refractivity contribution in [3.8, 4) is 5.75 Å². The molecule has 0 bridgehead atoms. The molecule has 186 valence electrons. The maximum atomic E-state index is 12.6. The van der Waals surface area contributed by atoms with Crippen LogP contribution in [0.4, 0.5) is 5.69 Å². The van der Waals surface area contributed by atoms with E-state index in [1.54, 1.807) is 12.1 Å². The van der Waals surface area contributed by atoms with E-state index in [1.165, 1.54) is 50.1 Å². The fraction of sp³-hybridized carbons (Fsp3) is 0.500. The van der Waals surface area contributed by atoms with Crippen LogP contribution < -0.4 is 15.0 Å².